The molecule has 0 aliphatic rings. The number of nitrogens with one attached hydrogen (secondary N) is 1. The first kappa shape index (κ1) is 14.2. The molecule has 0 radical (unpaired) electrons. The molecule has 0 spiro atoms. The monoisotopic (exact) mass is 314 g/mol. The van der Waals surface area contributed by atoms with Crippen LogP contribution >= 0.6 is 23.1 Å². The summed E-state index contributed by atoms with van der Waals surface area (Å²) >= 11 is 3.34. The summed E-state index contributed by atoms with van der Waals surface area (Å²) in [6, 6.07) is 10.3. The summed E-state index contributed by atoms with van der Waals surface area (Å²) in [4.78, 5) is 10.2. The van der Waals surface area contributed by atoms with E-state index in [0.717, 1.165) is 26.8 Å². The Morgan fingerprint density at radius 3 is 3.10 bits per heavy atom. The SMILES string of the molecule is Cc1ccc2nc(SCc3ccc(C#CCO)s3)[nH]c2c1. The van der Waals surface area contributed by atoms with Crippen LogP contribution in [0.1, 0.15) is 15.3 Å². The molecule has 0 aliphatic heterocycles. The maximum absolute atomic E-state index is 8.69. The minimum absolute atomic E-state index is 0.0968. The van der Waals surface area contributed by atoms with Crippen LogP contribution in [0, 0.1) is 18.8 Å². The summed E-state index contributed by atoms with van der Waals surface area (Å²) < 4.78 is 0. The molecular weight excluding hydrogens is 300 g/mol. The van der Waals surface area contributed by atoms with E-state index in [4.69, 9.17) is 5.11 Å². The number of nitrogens with zero attached hydrogens (tertiary/aromatic N) is 1. The van der Waals surface area contributed by atoms with Crippen LogP contribution in [0.2, 0.25) is 0 Å². The van der Waals surface area contributed by atoms with Crippen molar-refractivity contribution >= 4 is 34.1 Å². The Balaban J connectivity index is 1.69. The predicted octanol–water partition coefficient (Wildman–Crippen LogP) is 3.57. The average molecular weight is 314 g/mol. The first-order valence-corrected chi connectivity index (χ1v) is 8.32. The second-order valence-electron chi connectivity index (χ2n) is 4.58. The number of aromatic amines is 1. The van der Waals surface area contributed by atoms with E-state index < -0.39 is 0 Å². The second-order valence-corrected chi connectivity index (χ2v) is 6.71. The molecule has 2 aromatic heterocycles. The Morgan fingerprint density at radius 2 is 2.24 bits per heavy atom. The number of rotatable bonds is 3. The zero-order valence-corrected chi connectivity index (χ0v) is 13.1. The van der Waals surface area contributed by atoms with E-state index in [2.05, 4.69) is 46.9 Å². The summed E-state index contributed by atoms with van der Waals surface area (Å²) in [7, 11) is 0. The van der Waals surface area contributed by atoms with Gasteiger partial charge in [-0.25, -0.2) is 4.98 Å². The molecule has 0 amide bonds. The van der Waals surface area contributed by atoms with Gasteiger partial charge < -0.3 is 10.1 Å². The van der Waals surface area contributed by atoms with Crippen molar-refractivity contribution in [2.45, 2.75) is 17.8 Å². The molecule has 3 nitrogen and oxygen atoms in total. The Hall–Kier alpha value is -1.74. The third-order valence-corrected chi connectivity index (χ3v) is 5.02. The fraction of sp³-hybridized carbons (Fsp3) is 0.188. The number of hydrogen-bond acceptors (Lipinski definition) is 4. The fourth-order valence-electron chi connectivity index (χ4n) is 1.96. The number of thiophene rings is 1. The molecule has 2 heterocycles. The van der Waals surface area contributed by atoms with Gasteiger partial charge in [0, 0.05) is 10.6 Å². The molecular formula is C16H14N2OS2. The lowest BCUT2D eigenvalue weighted by atomic mass is 10.2. The van der Waals surface area contributed by atoms with Crippen molar-refractivity contribution in [3.63, 3.8) is 0 Å². The van der Waals surface area contributed by atoms with E-state index in [1.165, 1.54) is 10.4 Å². The van der Waals surface area contributed by atoms with Gasteiger partial charge in [0.1, 0.15) is 6.61 Å². The Bertz CT molecular complexity index is 824. The first-order chi connectivity index (χ1) is 10.2. The predicted molar refractivity (Wildman–Crippen MR) is 88.7 cm³/mol. The lowest BCUT2D eigenvalue weighted by Gasteiger charge is -1.93. The molecule has 106 valence electrons. The smallest absolute Gasteiger partial charge is 0.166 e. The van der Waals surface area contributed by atoms with Gasteiger partial charge in [-0.15, -0.1) is 11.3 Å². The summed E-state index contributed by atoms with van der Waals surface area (Å²) in [6.07, 6.45) is 0. The highest BCUT2D eigenvalue weighted by atomic mass is 32.2. The number of hydrogen-bond donors (Lipinski definition) is 2. The summed E-state index contributed by atoms with van der Waals surface area (Å²) in [5.74, 6) is 6.46. The van der Waals surface area contributed by atoms with E-state index in [1.807, 2.05) is 12.1 Å². The molecule has 0 atom stereocenters. The number of thioether (sulfide) groups is 1. The number of aliphatic hydroxyl groups excluding tert-OH is 1. The number of benzene rings is 1. The molecule has 0 fully saturated rings. The number of aryl methyl sites for hydroxylation is 1. The lowest BCUT2D eigenvalue weighted by molar-refractivity contribution is 0.350. The first-order valence-electron chi connectivity index (χ1n) is 6.52. The van der Waals surface area contributed by atoms with Crippen LogP contribution in [0.5, 0.6) is 0 Å². The maximum atomic E-state index is 8.69. The minimum atomic E-state index is -0.0968. The molecule has 0 aliphatic carbocycles. The van der Waals surface area contributed by atoms with Crippen molar-refractivity contribution in [3.05, 3.63) is 45.6 Å². The largest absolute Gasteiger partial charge is 0.384 e. The highest BCUT2D eigenvalue weighted by Gasteiger charge is 2.05. The van der Waals surface area contributed by atoms with Crippen molar-refractivity contribution in [2.24, 2.45) is 0 Å². The van der Waals surface area contributed by atoms with E-state index in [1.54, 1.807) is 23.1 Å². The Kier molecular flexibility index (Phi) is 4.30. The van der Waals surface area contributed by atoms with Gasteiger partial charge in [0.25, 0.3) is 0 Å². The summed E-state index contributed by atoms with van der Waals surface area (Å²) in [6.45, 7) is 1.98. The standard InChI is InChI=1S/C16H14N2OS2/c1-11-4-7-14-15(9-11)18-16(17-14)20-10-13-6-5-12(21-13)3-2-8-19/h4-7,9,19H,8,10H2,1H3,(H,17,18). The van der Waals surface area contributed by atoms with E-state index >= 15 is 0 Å². The highest BCUT2D eigenvalue weighted by molar-refractivity contribution is 7.98. The van der Waals surface area contributed by atoms with Crippen LogP contribution in [-0.4, -0.2) is 21.7 Å². The van der Waals surface area contributed by atoms with Crippen molar-refractivity contribution in [1.82, 2.24) is 9.97 Å². The molecule has 1 aromatic carbocycles. The van der Waals surface area contributed by atoms with Gasteiger partial charge in [0.05, 0.1) is 15.9 Å². The van der Waals surface area contributed by atoms with Crippen molar-refractivity contribution < 1.29 is 5.11 Å². The maximum Gasteiger partial charge on any atom is 0.166 e. The number of aromatic nitrogens is 2. The molecule has 21 heavy (non-hydrogen) atoms. The van der Waals surface area contributed by atoms with Crippen LogP contribution in [0.4, 0.5) is 0 Å². The highest BCUT2D eigenvalue weighted by Crippen LogP contribution is 2.26. The molecule has 3 aromatic rings. The third kappa shape index (κ3) is 3.48. The average Bonchev–Trinajstić information content (AvgIpc) is 3.08. The van der Waals surface area contributed by atoms with Crippen LogP contribution in [0.25, 0.3) is 11.0 Å². The van der Waals surface area contributed by atoms with Gasteiger partial charge in [-0.2, -0.15) is 0 Å². The molecule has 0 bridgehead atoms. The van der Waals surface area contributed by atoms with Crippen molar-refractivity contribution in [1.29, 1.82) is 0 Å². The zero-order chi connectivity index (χ0) is 14.7. The second kappa shape index (κ2) is 6.35. The molecule has 0 unspecified atom stereocenters. The number of H-pyrrole nitrogens is 1. The van der Waals surface area contributed by atoms with Gasteiger partial charge in [0.2, 0.25) is 0 Å². The Labute approximate surface area is 131 Å². The molecule has 0 saturated heterocycles. The van der Waals surface area contributed by atoms with Gasteiger partial charge in [-0.3, -0.25) is 0 Å². The molecule has 2 N–H and O–H groups in total. The van der Waals surface area contributed by atoms with Gasteiger partial charge in [-0.1, -0.05) is 29.7 Å². The lowest BCUT2D eigenvalue weighted by Crippen LogP contribution is -1.76. The number of imidazole rings is 1. The minimum Gasteiger partial charge on any atom is -0.384 e. The quantitative estimate of drug-likeness (QED) is 0.574. The normalized spacial score (nSPS) is 10.6. The molecule has 5 heteroatoms. The fourth-order valence-corrected chi connectivity index (χ4v) is 3.77. The number of fused-ring (bicyclic) bond motifs is 1. The summed E-state index contributed by atoms with van der Waals surface area (Å²) in [5, 5.41) is 9.63. The van der Waals surface area contributed by atoms with E-state index in [9.17, 15) is 0 Å². The van der Waals surface area contributed by atoms with Crippen LogP contribution in [-0.2, 0) is 5.75 Å². The zero-order valence-electron chi connectivity index (χ0n) is 11.5. The third-order valence-electron chi connectivity index (χ3n) is 2.92. The topological polar surface area (TPSA) is 48.9 Å². The summed E-state index contributed by atoms with van der Waals surface area (Å²) in [5.41, 5.74) is 3.31. The number of aliphatic hydroxyl groups is 1. The van der Waals surface area contributed by atoms with Crippen LogP contribution in [0.3, 0.4) is 0 Å². The van der Waals surface area contributed by atoms with Crippen molar-refractivity contribution in [3.8, 4) is 11.8 Å². The van der Waals surface area contributed by atoms with Crippen LogP contribution in [0.15, 0.2) is 35.5 Å². The van der Waals surface area contributed by atoms with Crippen LogP contribution < -0.4 is 0 Å². The van der Waals surface area contributed by atoms with E-state index in [-0.39, 0.29) is 6.61 Å². The Morgan fingerprint density at radius 1 is 1.33 bits per heavy atom. The molecule has 3 rings (SSSR count). The van der Waals surface area contributed by atoms with Crippen molar-refractivity contribution in [2.75, 3.05) is 6.61 Å². The molecule has 0 saturated carbocycles. The van der Waals surface area contributed by atoms with Gasteiger partial charge in [0.15, 0.2) is 5.16 Å². The van der Waals surface area contributed by atoms with E-state index in [0.29, 0.717) is 0 Å². The van der Waals surface area contributed by atoms with Gasteiger partial charge >= 0.3 is 0 Å². The van der Waals surface area contributed by atoms with Gasteiger partial charge in [-0.05, 0) is 36.8 Å².